The zero-order chi connectivity index (χ0) is 18.3. The van der Waals surface area contributed by atoms with Crippen LogP contribution in [0.4, 0.5) is 4.39 Å². The zero-order valence-corrected chi connectivity index (χ0v) is 14.0. The minimum absolute atomic E-state index is 0.0351. The maximum absolute atomic E-state index is 13.5. The van der Waals surface area contributed by atoms with Gasteiger partial charge in [-0.25, -0.2) is 14.2 Å². The predicted octanol–water partition coefficient (Wildman–Crippen LogP) is 4.78. The molecule has 0 amide bonds. The average Bonchev–Trinajstić information content (AvgIpc) is 3.05. The Morgan fingerprint density at radius 1 is 1.08 bits per heavy atom. The van der Waals surface area contributed by atoms with E-state index in [9.17, 15) is 14.3 Å². The van der Waals surface area contributed by atoms with Crippen LogP contribution in [-0.4, -0.2) is 26.3 Å². The first-order valence-corrected chi connectivity index (χ1v) is 8.05. The van der Waals surface area contributed by atoms with Gasteiger partial charge in [-0.1, -0.05) is 35.9 Å². The van der Waals surface area contributed by atoms with Crippen LogP contribution in [0.2, 0.25) is 5.02 Å². The molecule has 2 N–H and O–H groups in total. The molecule has 4 aromatic rings. The lowest BCUT2D eigenvalue weighted by Crippen LogP contribution is -2.00. The van der Waals surface area contributed by atoms with Crippen LogP contribution in [-0.2, 0) is 0 Å². The number of carboxylic acid groups (broad SMARTS) is 1. The number of H-pyrrole nitrogens is 1. The standard InChI is InChI=1S/C19H11ClFN3O2/c20-12-6-4-10(5-7-12)17-16-14(19(25)26)9-15(22-18(16)24-23-17)11-2-1-3-13(21)8-11/h1-9H,(H,25,26)(H,22,23,24). The van der Waals surface area contributed by atoms with E-state index in [1.807, 2.05) is 0 Å². The van der Waals surface area contributed by atoms with Crippen molar-refractivity contribution >= 4 is 28.6 Å². The Morgan fingerprint density at radius 2 is 1.85 bits per heavy atom. The molecule has 2 aromatic carbocycles. The second kappa shape index (κ2) is 6.24. The van der Waals surface area contributed by atoms with Crippen molar-refractivity contribution in [1.29, 1.82) is 0 Å². The van der Waals surface area contributed by atoms with Gasteiger partial charge in [0.05, 0.1) is 22.3 Å². The number of nitrogens with zero attached hydrogens (tertiary/aromatic N) is 2. The largest absolute Gasteiger partial charge is 0.478 e. The lowest BCUT2D eigenvalue weighted by molar-refractivity contribution is 0.0699. The van der Waals surface area contributed by atoms with Gasteiger partial charge < -0.3 is 5.11 Å². The Bertz CT molecular complexity index is 1140. The highest BCUT2D eigenvalue weighted by Crippen LogP contribution is 2.32. The van der Waals surface area contributed by atoms with Gasteiger partial charge >= 0.3 is 5.97 Å². The Labute approximate surface area is 152 Å². The fourth-order valence-corrected chi connectivity index (χ4v) is 2.94. The molecule has 0 fully saturated rings. The second-order valence-electron chi connectivity index (χ2n) is 5.67. The van der Waals surface area contributed by atoms with Crippen molar-refractivity contribution in [3.63, 3.8) is 0 Å². The molecule has 0 saturated heterocycles. The van der Waals surface area contributed by atoms with Crippen LogP contribution < -0.4 is 0 Å². The summed E-state index contributed by atoms with van der Waals surface area (Å²) in [5.74, 6) is -1.54. The van der Waals surface area contributed by atoms with Crippen molar-refractivity contribution in [3.05, 3.63) is 71.0 Å². The van der Waals surface area contributed by atoms with Crippen LogP contribution in [0.3, 0.4) is 0 Å². The van der Waals surface area contributed by atoms with E-state index < -0.39 is 11.8 Å². The molecule has 7 heteroatoms. The zero-order valence-electron chi connectivity index (χ0n) is 13.2. The number of rotatable bonds is 3. The number of pyridine rings is 1. The van der Waals surface area contributed by atoms with Crippen LogP contribution in [0, 0.1) is 5.82 Å². The van der Waals surface area contributed by atoms with Crippen LogP contribution in [0.15, 0.2) is 54.6 Å². The number of aromatic nitrogens is 3. The van der Waals surface area contributed by atoms with Crippen LogP contribution >= 0.6 is 11.6 Å². The van der Waals surface area contributed by atoms with Gasteiger partial charge in [-0.2, -0.15) is 5.10 Å². The summed E-state index contributed by atoms with van der Waals surface area (Å²) in [6, 6.07) is 14.2. The summed E-state index contributed by atoms with van der Waals surface area (Å²) in [7, 11) is 0. The maximum atomic E-state index is 13.5. The second-order valence-corrected chi connectivity index (χ2v) is 6.11. The number of halogens is 2. The lowest BCUT2D eigenvalue weighted by atomic mass is 10.0. The number of benzene rings is 2. The van der Waals surface area contributed by atoms with Crippen molar-refractivity contribution in [2.75, 3.05) is 0 Å². The van der Waals surface area contributed by atoms with Crippen molar-refractivity contribution in [3.8, 4) is 22.5 Å². The van der Waals surface area contributed by atoms with Gasteiger partial charge in [0.2, 0.25) is 0 Å². The van der Waals surface area contributed by atoms with Gasteiger partial charge in [-0.15, -0.1) is 0 Å². The molecule has 0 bridgehead atoms. The van der Waals surface area contributed by atoms with E-state index in [2.05, 4.69) is 15.2 Å². The van der Waals surface area contributed by atoms with Gasteiger partial charge in [0.1, 0.15) is 5.82 Å². The molecule has 2 heterocycles. The van der Waals surface area contributed by atoms with Gasteiger partial charge in [-0.3, -0.25) is 5.10 Å². The van der Waals surface area contributed by atoms with E-state index in [0.29, 0.717) is 27.4 Å². The molecule has 5 nitrogen and oxygen atoms in total. The number of aromatic carboxylic acids is 1. The quantitative estimate of drug-likeness (QED) is 0.546. The minimum atomic E-state index is -1.12. The van der Waals surface area contributed by atoms with Gasteiger partial charge in [0.15, 0.2) is 5.65 Å². The summed E-state index contributed by atoms with van der Waals surface area (Å²) in [4.78, 5) is 16.2. The molecular weight excluding hydrogens is 357 g/mol. The molecule has 0 atom stereocenters. The summed E-state index contributed by atoms with van der Waals surface area (Å²) >= 11 is 5.91. The Hall–Kier alpha value is -3.25. The highest BCUT2D eigenvalue weighted by atomic mass is 35.5. The summed E-state index contributed by atoms with van der Waals surface area (Å²) in [5, 5.41) is 17.6. The topological polar surface area (TPSA) is 78.9 Å². The summed E-state index contributed by atoms with van der Waals surface area (Å²) in [5.41, 5.74) is 2.36. The third kappa shape index (κ3) is 2.80. The number of carboxylic acids is 1. The first-order chi connectivity index (χ1) is 12.5. The highest BCUT2D eigenvalue weighted by Gasteiger charge is 2.19. The monoisotopic (exact) mass is 367 g/mol. The molecule has 0 aliphatic rings. The molecule has 0 unspecified atom stereocenters. The summed E-state index contributed by atoms with van der Waals surface area (Å²) in [6.45, 7) is 0. The fourth-order valence-electron chi connectivity index (χ4n) is 2.81. The average molecular weight is 368 g/mol. The van der Waals surface area contributed by atoms with Crippen molar-refractivity contribution < 1.29 is 14.3 Å². The third-order valence-electron chi connectivity index (χ3n) is 4.01. The van der Waals surface area contributed by atoms with Crippen LogP contribution in [0.1, 0.15) is 10.4 Å². The van der Waals surface area contributed by atoms with E-state index in [-0.39, 0.29) is 11.2 Å². The van der Waals surface area contributed by atoms with E-state index in [0.717, 1.165) is 5.56 Å². The molecule has 26 heavy (non-hydrogen) atoms. The Balaban J connectivity index is 1.96. The van der Waals surface area contributed by atoms with Crippen molar-refractivity contribution in [2.45, 2.75) is 0 Å². The number of nitrogens with one attached hydrogen (secondary N) is 1. The number of fused-ring (bicyclic) bond motifs is 1. The number of hydrogen-bond acceptors (Lipinski definition) is 3. The molecule has 4 rings (SSSR count). The lowest BCUT2D eigenvalue weighted by Gasteiger charge is -2.06. The summed E-state index contributed by atoms with van der Waals surface area (Å²) < 4.78 is 13.5. The first kappa shape index (κ1) is 16.2. The number of aromatic amines is 1. The number of carbonyl (C=O) groups is 1. The normalized spacial score (nSPS) is 11.0. The SMILES string of the molecule is O=C(O)c1cc(-c2cccc(F)c2)nc2n[nH]c(-c3ccc(Cl)cc3)c12. The maximum Gasteiger partial charge on any atom is 0.336 e. The predicted molar refractivity (Wildman–Crippen MR) is 96.7 cm³/mol. The van der Waals surface area contributed by atoms with E-state index in [4.69, 9.17) is 11.6 Å². The fraction of sp³-hybridized carbons (Fsp3) is 0. The highest BCUT2D eigenvalue weighted by molar-refractivity contribution is 6.30. The van der Waals surface area contributed by atoms with Gasteiger partial charge in [-0.05, 0) is 30.3 Å². The molecule has 0 radical (unpaired) electrons. The molecule has 0 spiro atoms. The van der Waals surface area contributed by atoms with Crippen LogP contribution in [0.25, 0.3) is 33.5 Å². The van der Waals surface area contributed by atoms with Gasteiger partial charge in [0, 0.05) is 16.1 Å². The van der Waals surface area contributed by atoms with E-state index in [1.165, 1.54) is 18.2 Å². The minimum Gasteiger partial charge on any atom is -0.478 e. The Morgan fingerprint density at radius 3 is 2.54 bits per heavy atom. The Kier molecular flexibility index (Phi) is 3.89. The van der Waals surface area contributed by atoms with E-state index in [1.54, 1.807) is 36.4 Å². The van der Waals surface area contributed by atoms with Gasteiger partial charge in [0.25, 0.3) is 0 Å². The van der Waals surface area contributed by atoms with Crippen LogP contribution in [0.5, 0.6) is 0 Å². The summed E-state index contributed by atoms with van der Waals surface area (Å²) in [6.07, 6.45) is 0. The number of hydrogen-bond donors (Lipinski definition) is 2. The molecule has 0 saturated carbocycles. The van der Waals surface area contributed by atoms with Crippen molar-refractivity contribution in [1.82, 2.24) is 15.2 Å². The molecule has 128 valence electrons. The molecule has 2 aromatic heterocycles. The molecular formula is C19H11ClFN3O2. The third-order valence-corrected chi connectivity index (χ3v) is 4.26. The first-order valence-electron chi connectivity index (χ1n) is 7.67. The van der Waals surface area contributed by atoms with E-state index >= 15 is 0 Å². The smallest absolute Gasteiger partial charge is 0.336 e. The van der Waals surface area contributed by atoms with Crippen molar-refractivity contribution in [2.24, 2.45) is 0 Å². The molecule has 0 aliphatic carbocycles. The molecule has 0 aliphatic heterocycles.